The standard InChI is InChI=1S/C16H14ClN3O2/c1-11-15(16(21)18-8-12-6-7-22-10-12)9-20(19-11)14-4-2-13(17)3-5-14/h2-7,9-10H,8H2,1H3,(H,18,21). The van der Waals surface area contributed by atoms with Crippen molar-refractivity contribution in [1.29, 1.82) is 0 Å². The van der Waals surface area contributed by atoms with Crippen molar-refractivity contribution >= 4 is 17.5 Å². The van der Waals surface area contributed by atoms with E-state index in [0.717, 1.165) is 11.3 Å². The number of halogens is 1. The van der Waals surface area contributed by atoms with Gasteiger partial charge in [-0.2, -0.15) is 5.10 Å². The van der Waals surface area contributed by atoms with Crippen molar-refractivity contribution in [2.24, 2.45) is 0 Å². The van der Waals surface area contributed by atoms with Crippen LogP contribution in [0.4, 0.5) is 0 Å². The first kappa shape index (κ1) is 14.4. The molecule has 6 heteroatoms. The van der Waals surface area contributed by atoms with Crippen LogP contribution in [0.15, 0.2) is 53.5 Å². The quantitative estimate of drug-likeness (QED) is 0.803. The maximum absolute atomic E-state index is 12.2. The lowest BCUT2D eigenvalue weighted by molar-refractivity contribution is 0.0950. The van der Waals surface area contributed by atoms with Gasteiger partial charge in [0, 0.05) is 23.3 Å². The minimum atomic E-state index is -0.168. The number of furan rings is 1. The molecular formula is C16H14ClN3O2. The Morgan fingerprint density at radius 2 is 2.09 bits per heavy atom. The molecule has 5 nitrogen and oxygen atoms in total. The van der Waals surface area contributed by atoms with Crippen molar-refractivity contribution in [1.82, 2.24) is 15.1 Å². The average molecular weight is 316 g/mol. The van der Waals surface area contributed by atoms with E-state index in [-0.39, 0.29) is 5.91 Å². The van der Waals surface area contributed by atoms with E-state index < -0.39 is 0 Å². The van der Waals surface area contributed by atoms with Crippen LogP contribution in [-0.4, -0.2) is 15.7 Å². The fourth-order valence-electron chi connectivity index (χ4n) is 2.08. The zero-order valence-corrected chi connectivity index (χ0v) is 12.7. The maximum Gasteiger partial charge on any atom is 0.255 e. The second-order valence-electron chi connectivity index (χ2n) is 4.86. The highest BCUT2D eigenvalue weighted by Gasteiger charge is 2.14. The van der Waals surface area contributed by atoms with Crippen LogP contribution < -0.4 is 5.32 Å². The summed E-state index contributed by atoms with van der Waals surface area (Å²) >= 11 is 5.87. The van der Waals surface area contributed by atoms with Gasteiger partial charge >= 0.3 is 0 Å². The van der Waals surface area contributed by atoms with Gasteiger partial charge in [0.2, 0.25) is 0 Å². The third kappa shape index (κ3) is 3.04. The summed E-state index contributed by atoms with van der Waals surface area (Å²) in [5, 5.41) is 7.87. The molecule has 112 valence electrons. The van der Waals surface area contributed by atoms with Crippen LogP contribution in [0.5, 0.6) is 0 Å². The van der Waals surface area contributed by atoms with E-state index >= 15 is 0 Å². The highest BCUT2D eigenvalue weighted by atomic mass is 35.5. The molecule has 0 radical (unpaired) electrons. The topological polar surface area (TPSA) is 60.1 Å². The van der Waals surface area contributed by atoms with E-state index in [4.69, 9.17) is 16.0 Å². The molecule has 1 N–H and O–H groups in total. The lowest BCUT2D eigenvalue weighted by Gasteiger charge is -2.02. The van der Waals surface area contributed by atoms with Gasteiger partial charge in [0.25, 0.3) is 5.91 Å². The van der Waals surface area contributed by atoms with Gasteiger partial charge in [0.15, 0.2) is 0 Å². The summed E-state index contributed by atoms with van der Waals surface area (Å²) in [6, 6.07) is 9.08. The minimum absolute atomic E-state index is 0.168. The number of nitrogens with one attached hydrogen (secondary N) is 1. The average Bonchev–Trinajstić information content (AvgIpc) is 3.15. The summed E-state index contributed by atoms with van der Waals surface area (Å²) in [4.78, 5) is 12.2. The minimum Gasteiger partial charge on any atom is -0.472 e. The molecular weight excluding hydrogens is 302 g/mol. The van der Waals surface area contributed by atoms with Gasteiger partial charge in [-0.05, 0) is 37.3 Å². The Morgan fingerprint density at radius 1 is 1.32 bits per heavy atom. The smallest absolute Gasteiger partial charge is 0.255 e. The number of benzene rings is 1. The summed E-state index contributed by atoms with van der Waals surface area (Å²) in [6.45, 7) is 2.22. The Balaban J connectivity index is 1.76. The predicted molar refractivity (Wildman–Crippen MR) is 83.2 cm³/mol. The molecule has 22 heavy (non-hydrogen) atoms. The second-order valence-corrected chi connectivity index (χ2v) is 5.30. The van der Waals surface area contributed by atoms with E-state index in [9.17, 15) is 4.79 Å². The van der Waals surface area contributed by atoms with Crippen molar-refractivity contribution < 1.29 is 9.21 Å². The molecule has 0 aliphatic carbocycles. The Morgan fingerprint density at radius 3 is 2.77 bits per heavy atom. The molecule has 0 spiro atoms. The van der Waals surface area contributed by atoms with E-state index in [2.05, 4.69) is 10.4 Å². The first-order chi connectivity index (χ1) is 10.6. The Hall–Kier alpha value is -2.53. The summed E-state index contributed by atoms with van der Waals surface area (Å²) in [5.41, 5.74) is 2.97. The number of hydrogen-bond acceptors (Lipinski definition) is 3. The monoisotopic (exact) mass is 315 g/mol. The van der Waals surface area contributed by atoms with E-state index in [1.165, 1.54) is 0 Å². The highest BCUT2D eigenvalue weighted by molar-refractivity contribution is 6.30. The van der Waals surface area contributed by atoms with Gasteiger partial charge in [-0.15, -0.1) is 0 Å². The lowest BCUT2D eigenvalue weighted by Crippen LogP contribution is -2.22. The largest absolute Gasteiger partial charge is 0.472 e. The second kappa shape index (κ2) is 6.07. The van der Waals surface area contributed by atoms with Crippen LogP contribution >= 0.6 is 11.6 Å². The number of aromatic nitrogens is 2. The van der Waals surface area contributed by atoms with Crippen LogP contribution in [0.2, 0.25) is 5.02 Å². The molecule has 0 aliphatic rings. The number of carbonyl (C=O) groups excluding carboxylic acids is 1. The zero-order chi connectivity index (χ0) is 15.5. The third-order valence-corrected chi connectivity index (χ3v) is 3.52. The van der Waals surface area contributed by atoms with Crippen LogP contribution in [0.1, 0.15) is 21.6 Å². The Kier molecular flexibility index (Phi) is 3.98. The van der Waals surface area contributed by atoms with Gasteiger partial charge in [0.05, 0.1) is 29.5 Å². The van der Waals surface area contributed by atoms with Gasteiger partial charge in [-0.3, -0.25) is 4.79 Å². The normalized spacial score (nSPS) is 10.6. The summed E-state index contributed by atoms with van der Waals surface area (Å²) in [6.07, 6.45) is 4.89. The van der Waals surface area contributed by atoms with E-state index in [1.807, 2.05) is 18.2 Å². The van der Waals surface area contributed by atoms with Crippen molar-refractivity contribution in [3.8, 4) is 5.69 Å². The molecule has 0 bridgehead atoms. The summed E-state index contributed by atoms with van der Waals surface area (Å²) < 4.78 is 6.63. The number of carbonyl (C=O) groups is 1. The van der Waals surface area contributed by atoms with Crippen LogP contribution in [0.3, 0.4) is 0 Å². The molecule has 2 heterocycles. The van der Waals surface area contributed by atoms with E-state index in [0.29, 0.717) is 22.8 Å². The molecule has 1 aromatic carbocycles. The number of nitrogens with zero attached hydrogens (tertiary/aromatic N) is 2. The molecule has 1 amide bonds. The number of aryl methyl sites for hydroxylation is 1. The Bertz CT molecular complexity index is 776. The molecule has 0 fully saturated rings. The van der Waals surface area contributed by atoms with E-state index in [1.54, 1.807) is 42.5 Å². The highest BCUT2D eigenvalue weighted by Crippen LogP contribution is 2.15. The van der Waals surface area contributed by atoms with Crippen LogP contribution in [-0.2, 0) is 6.54 Å². The summed E-state index contributed by atoms with van der Waals surface area (Å²) in [7, 11) is 0. The molecule has 0 saturated carbocycles. The molecule has 0 aliphatic heterocycles. The van der Waals surface area contributed by atoms with Crippen molar-refractivity contribution in [2.75, 3.05) is 0 Å². The molecule has 0 saturated heterocycles. The van der Waals surface area contributed by atoms with Gasteiger partial charge in [-0.25, -0.2) is 4.68 Å². The zero-order valence-electron chi connectivity index (χ0n) is 11.9. The SMILES string of the molecule is Cc1nn(-c2ccc(Cl)cc2)cc1C(=O)NCc1ccoc1. The first-order valence-electron chi connectivity index (χ1n) is 6.75. The van der Waals surface area contributed by atoms with Gasteiger partial charge in [-0.1, -0.05) is 11.6 Å². The molecule has 0 unspecified atom stereocenters. The lowest BCUT2D eigenvalue weighted by atomic mass is 10.2. The van der Waals surface area contributed by atoms with Crippen molar-refractivity contribution in [2.45, 2.75) is 13.5 Å². The molecule has 3 aromatic rings. The number of hydrogen-bond donors (Lipinski definition) is 1. The fraction of sp³-hybridized carbons (Fsp3) is 0.125. The fourth-order valence-corrected chi connectivity index (χ4v) is 2.21. The summed E-state index contributed by atoms with van der Waals surface area (Å²) in [5.74, 6) is -0.168. The van der Waals surface area contributed by atoms with Crippen molar-refractivity contribution in [3.63, 3.8) is 0 Å². The molecule has 3 rings (SSSR count). The van der Waals surface area contributed by atoms with Crippen LogP contribution in [0, 0.1) is 6.92 Å². The maximum atomic E-state index is 12.2. The third-order valence-electron chi connectivity index (χ3n) is 3.27. The molecule has 0 atom stereocenters. The molecule has 2 aromatic heterocycles. The van der Waals surface area contributed by atoms with Gasteiger partial charge in [0.1, 0.15) is 0 Å². The Labute approximate surface area is 132 Å². The van der Waals surface area contributed by atoms with Crippen LogP contribution in [0.25, 0.3) is 5.69 Å². The predicted octanol–water partition coefficient (Wildman–Crippen LogP) is 3.36. The van der Waals surface area contributed by atoms with Gasteiger partial charge < -0.3 is 9.73 Å². The first-order valence-corrected chi connectivity index (χ1v) is 7.13. The number of amides is 1. The number of rotatable bonds is 4. The van der Waals surface area contributed by atoms with Crippen molar-refractivity contribution in [3.05, 3.63) is 70.9 Å².